The lowest BCUT2D eigenvalue weighted by atomic mass is 10.2. The van der Waals surface area contributed by atoms with E-state index in [0.717, 1.165) is 35.2 Å². The molecule has 0 atom stereocenters. The third-order valence-corrected chi connectivity index (χ3v) is 4.88. The average molecular weight is 386 g/mol. The van der Waals surface area contributed by atoms with Gasteiger partial charge in [0.25, 0.3) is 0 Å². The van der Waals surface area contributed by atoms with E-state index < -0.39 is 0 Å². The van der Waals surface area contributed by atoms with Crippen LogP contribution in [0.1, 0.15) is 11.3 Å². The van der Waals surface area contributed by atoms with Crippen LogP contribution in [0.3, 0.4) is 0 Å². The van der Waals surface area contributed by atoms with E-state index in [2.05, 4.69) is 20.4 Å². The number of carbonyl (C=O) groups excluding carboxylic acids is 1. The van der Waals surface area contributed by atoms with Crippen molar-refractivity contribution in [3.63, 3.8) is 0 Å². The molecule has 0 aliphatic carbocycles. The number of hydrogen-bond donors (Lipinski definition) is 1. The zero-order valence-electron chi connectivity index (χ0n) is 15.1. The van der Waals surface area contributed by atoms with E-state index in [1.165, 1.54) is 6.21 Å². The minimum Gasteiger partial charge on any atom is -0.496 e. The average Bonchev–Trinajstić information content (AvgIpc) is 3.17. The van der Waals surface area contributed by atoms with Crippen LogP contribution in [0, 0.1) is 0 Å². The molecule has 2 heterocycles. The predicted octanol–water partition coefficient (Wildman–Crippen LogP) is 2.35. The highest BCUT2D eigenvalue weighted by Crippen LogP contribution is 2.21. The summed E-state index contributed by atoms with van der Waals surface area (Å²) in [6.45, 7) is 3.10. The molecule has 1 aromatic heterocycles. The molecule has 1 amide bonds. The molecule has 1 aromatic carbocycles. The molecule has 1 saturated heterocycles. The quantitative estimate of drug-likeness (QED) is 0.584. The van der Waals surface area contributed by atoms with Gasteiger partial charge in [0.2, 0.25) is 5.91 Å². The lowest BCUT2D eigenvalue weighted by molar-refractivity contribution is -0.120. The minimum absolute atomic E-state index is 0.198. The molecule has 0 radical (unpaired) electrons. The molecule has 0 unspecified atom stereocenters. The summed E-state index contributed by atoms with van der Waals surface area (Å²) in [5, 5.41) is 6.78. The van der Waals surface area contributed by atoms with E-state index in [1.54, 1.807) is 24.5 Å². The summed E-state index contributed by atoms with van der Waals surface area (Å²) in [5.74, 6) is 0.585. The molecule has 7 nitrogen and oxygen atoms in total. The van der Waals surface area contributed by atoms with Crippen LogP contribution in [0.2, 0.25) is 0 Å². The maximum Gasteiger partial charge on any atom is 0.246 e. The van der Waals surface area contributed by atoms with Gasteiger partial charge < -0.3 is 14.4 Å². The number of allylic oxidation sites excluding steroid dienone is 1. The SMILES string of the molecule is COc1ccccc1/C=C/C=N\NC(=O)Cc1csc(N2CCOCC2)n1. The Labute approximate surface area is 162 Å². The van der Waals surface area contributed by atoms with Gasteiger partial charge in [0.05, 0.1) is 32.4 Å². The fourth-order valence-corrected chi connectivity index (χ4v) is 3.46. The number of anilines is 1. The number of aromatic nitrogens is 1. The summed E-state index contributed by atoms with van der Waals surface area (Å²) in [6, 6.07) is 7.67. The van der Waals surface area contributed by atoms with Gasteiger partial charge in [-0.3, -0.25) is 4.79 Å². The normalized spacial score (nSPS) is 14.8. The molecule has 0 bridgehead atoms. The van der Waals surface area contributed by atoms with Crippen LogP contribution in [0.5, 0.6) is 5.75 Å². The van der Waals surface area contributed by atoms with E-state index >= 15 is 0 Å². The highest BCUT2D eigenvalue weighted by molar-refractivity contribution is 7.13. The molecule has 3 rings (SSSR count). The number of amides is 1. The summed E-state index contributed by atoms with van der Waals surface area (Å²) in [7, 11) is 1.63. The van der Waals surface area contributed by atoms with Crippen molar-refractivity contribution in [2.45, 2.75) is 6.42 Å². The first-order valence-corrected chi connectivity index (χ1v) is 9.53. The summed E-state index contributed by atoms with van der Waals surface area (Å²) >= 11 is 1.55. The number of methoxy groups -OCH3 is 1. The van der Waals surface area contributed by atoms with Crippen LogP contribution in [-0.4, -0.2) is 50.5 Å². The van der Waals surface area contributed by atoms with Crippen molar-refractivity contribution in [1.82, 2.24) is 10.4 Å². The number of ether oxygens (including phenoxy) is 2. The minimum atomic E-state index is -0.198. The molecule has 0 saturated carbocycles. The Morgan fingerprint density at radius 3 is 3.04 bits per heavy atom. The molecule has 142 valence electrons. The lowest BCUT2D eigenvalue weighted by Gasteiger charge is -2.26. The fraction of sp³-hybridized carbons (Fsp3) is 0.316. The zero-order valence-corrected chi connectivity index (χ0v) is 15.9. The predicted molar refractivity (Wildman–Crippen MR) is 108 cm³/mol. The van der Waals surface area contributed by atoms with E-state index in [1.807, 2.05) is 35.7 Å². The second-order valence-corrected chi connectivity index (χ2v) is 6.65. The number of benzene rings is 1. The van der Waals surface area contributed by atoms with E-state index in [9.17, 15) is 4.79 Å². The monoisotopic (exact) mass is 386 g/mol. The van der Waals surface area contributed by atoms with Gasteiger partial charge in [-0.2, -0.15) is 5.10 Å². The number of nitrogens with zero attached hydrogens (tertiary/aromatic N) is 3. The molecule has 0 spiro atoms. The Bertz CT molecular complexity index is 813. The molecule has 27 heavy (non-hydrogen) atoms. The Morgan fingerprint density at radius 1 is 1.41 bits per heavy atom. The maximum atomic E-state index is 12.0. The summed E-state index contributed by atoms with van der Waals surface area (Å²) in [5.41, 5.74) is 4.20. The first-order chi connectivity index (χ1) is 13.3. The van der Waals surface area contributed by atoms with Crippen LogP contribution in [-0.2, 0) is 16.0 Å². The van der Waals surface area contributed by atoms with Gasteiger partial charge in [0, 0.05) is 30.2 Å². The first-order valence-electron chi connectivity index (χ1n) is 8.65. The van der Waals surface area contributed by atoms with Crippen LogP contribution >= 0.6 is 11.3 Å². The second kappa shape index (κ2) is 9.84. The van der Waals surface area contributed by atoms with E-state index in [4.69, 9.17) is 9.47 Å². The smallest absolute Gasteiger partial charge is 0.246 e. The number of morpholine rings is 1. The van der Waals surface area contributed by atoms with Crippen LogP contribution < -0.4 is 15.1 Å². The molecule has 8 heteroatoms. The van der Waals surface area contributed by atoms with Crippen molar-refractivity contribution >= 4 is 34.7 Å². The van der Waals surface area contributed by atoms with Gasteiger partial charge in [-0.25, -0.2) is 10.4 Å². The number of hydrogen-bond acceptors (Lipinski definition) is 7. The molecule has 1 fully saturated rings. The fourth-order valence-electron chi connectivity index (χ4n) is 2.58. The molecular formula is C19H22N4O3S. The Balaban J connectivity index is 1.46. The lowest BCUT2D eigenvalue weighted by Crippen LogP contribution is -2.36. The molecule has 1 aliphatic rings. The Morgan fingerprint density at radius 2 is 2.22 bits per heavy atom. The number of hydrazone groups is 1. The standard InChI is InChI=1S/C19H22N4O3S/c1-25-17-7-3-2-5-15(17)6-4-8-20-22-18(24)13-16-14-27-19(21-16)23-9-11-26-12-10-23/h2-8,14H,9-13H2,1H3,(H,22,24)/b6-4+,20-8-. The summed E-state index contributed by atoms with van der Waals surface area (Å²) < 4.78 is 10.6. The van der Waals surface area contributed by atoms with Crippen molar-refractivity contribution in [3.8, 4) is 5.75 Å². The van der Waals surface area contributed by atoms with Gasteiger partial charge in [0.15, 0.2) is 5.13 Å². The highest BCUT2D eigenvalue weighted by atomic mass is 32.1. The third kappa shape index (κ3) is 5.63. The van der Waals surface area contributed by atoms with Crippen LogP contribution in [0.4, 0.5) is 5.13 Å². The summed E-state index contributed by atoms with van der Waals surface area (Å²) in [4.78, 5) is 18.7. The number of carbonyl (C=O) groups is 1. The number of nitrogens with one attached hydrogen (secondary N) is 1. The van der Waals surface area contributed by atoms with Crippen molar-refractivity contribution < 1.29 is 14.3 Å². The van der Waals surface area contributed by atoms with Crippen molar-refractivity contribution in [2.24, 2.45) is 5.10 Å². The van der Waals surface area contributed by atoms with Gasteiger partial charge in [-0.15, -0.1) is 11.3 Å². The Kier molecular flexibility index (Phi) is 6.95. The molecule has 1 aliphatic heterocycles. The Hall–Kier alpha value is -2.71. The van der Waals surface area contributed by atoms with Gasteiger partial charge in [0.1, 0.15) is 5.75 Å². The van der Waals surface area contributed by atoms with E-state index in [-0.39, 0.29) is 12.3 Å². The molecule has 1 N–H and O–H groups in total. The zero-order chi connectivity index (χ0) is 18.9. The third-order valence-electron chi connectivity index (χ3n) is 3.93. The highest BCUT2D eigenvalue weighted by Gasteiger charge is 2.15. The first kappa shape index (κ1) is 19.1. The largest absolute Gasteiger partial charge is 0.496 e. The van der Waals surface area contributed by atoms with Crippen molar-refractivity contribution in [2.75, 3.05) is 38.3 Å². The van der Waals surface area contributed by atoms with Gasteiger partial charge >= 0.3 is 0 Å². The van der Waals surface area contributed by atoms with Gasteiger partial charge in [-0.05, 0) is 18.2 Å². The number of thiazole rings is 1. The van der Waals surface area contributed by atoms with Crippen molar-refractivity contribution in [3.05, 3.63) is 47.0 Å². The second-order valence-electron chi connectivity index (χ2n) is 5.81. The van der Waals surface area contributed by atoms with Gasteiger partial charge in [-0.1, -0.05) is 18.2 Å². The van der Waals surface area contributed by atoms with Crippen LogP contribution in [0.25, 0.3) is 6.08 Å². The molecular weight excluding hydrogens is 364 g/mol. The molecule has 2 aromatic rings. The number of rotatable bonds is 7. The maximum absolute atomic E-state index is 12.0. The number of para-hydroxylation sites is 1. The topological polar surface area (TPSA) is 76.0 Å². The van der Waals surface area contributed by atoms with Crippen LogP contribution in [0.15, 0.2) is 40.8 Å². The van der Waals surface area contributed by atoms with E-state index in [0.29, 0.717) is 13.2 Å². The summed E-state index contributed by atoms with van der Waals surface area (Å²) in [6.07, 6.45) is 5.35. The van der Waals surface area contributed by atoms with Crippen molar-refractivity contribution in [1.29, 1.82) is 0 Å².